The second kappa shape index (κ2) is 5.72. The number of hydrogen-bond donors (Lipinski definition) is 1. The Morgan fingerprint density at radius 2 is 2.11 bits per heavy atom. The van der Waals surface area contributed by atoms with Crippen LogP contribution in [0.15, 0.2) is 30.3 Å². The van der Waals surface area contributed by atoms with Gasteiger partial charge in [0.2, 0.25) is 0 Å². The van der Waals surface area contributed by atoms with Gasteiger partial charge in [0.25, 0.3) is 0 Å². The highest BCUT2D eigenvalue weighted by atomic mass is 32.1. The van der Waals surface area contributed by atoms with Crippen LogP contribution in [0.4, 0.5) is 5.13 Å². The molecular formula is C15H19N3S. The molecule has 2 heterocycles. The molecule has 1 aromatic carbocycles. The molecule has 0 unspecified atom stereocenters. The number of thiazole rings is 1. The molecule has 3 nitrogen and oxygen atoms in total. The molecule has 100 valence electrons. The first-order valence-corrected chi connectivity index (χ1v) is 7.63. The lowest BCUT2D eigenvalue weighted by molar-refractivity contribution is 0.253. The molecule has 0 saturated carbocycles. The van der Waals surface area contributed by atoms with E-state index in [1.54, 1.807) is 11.3 Å². The Morgan fingerprint density at radius 3 is 2.95 bits per heavy atom. The Hall–Kier alpha value is -1.39. The SMILES string of the molecule is Nc1nc2c(s1)CN(CCCc1ccccc1)CC2. The fraction of sp³-hybridized carbons (Fsp3) is 0.400. The van der Waals surface area contributed by atoms with Gasteiger partial charge in [0.15, 0.2) is 5.13 Å². The van der Waals surface area contributed by atoms with Crippen molar-refractivity contribution in [1.82, 2.24) is 9.88 Å². The first-order chi connectivity index (χ1) is 9.31. The lowest BCUT2D eigenvalue weighted by Gasteiger charge is -2.25. The minimum atomic E-state index is 0.719. The second-order valence-corrected chi connectivity index (χ2v) is 6.15. The normalized spacial score (nSPS) is 15.4. The Labute approximate surface area is 118 Å². The zero-order chi connectivity index (χ0) is 13.1. The highest BCUT2D eigenvalue weighted by Crippen LogP contribution is 2.26. The molecular weight excluding hydrogens is 254 g/mol. The van der Waals surface area contributed by atoms with Crippen LogP contribution in [0.25, 0.3) is 0 Å². The van der Waals surface area contributed by atoms with Crippen LogP contribution in [0.1, 0.15) is 22.6 Å². The Morgan fingerprint density at radius 1 is 1.26 bits per heavy atom. The van der Waals surface area contributed by atoms with Gasteiger partial charge >= 0.3 is 0 Å². The fourth-order valence-electron chi connectivity index (χ4n) is 2.61. The largest absolute Gasteiger partial charge is 0.375 e. The maximum Gasteiger partial charge on any atom is 0.180 e. The lowest BCUT2D eigenvalue weighted by Crippen LogP contribution is -2.31. The van der Waals surface area contributed by atoms with Crippen LogP contribution in [0.2, 0.25) is 0 Å². The average Bonchev–Trinajstić information content (AvgIpc) is 2.79. The molecule has 2 N–H and O–H groups in total. The zero-order valence-electron chi connectivity index (χ0n) is 11.0. The molecule has 4 heteroatoms. The number of nitrogen functional groups attached to an aromatic ring is 1. The van der Waals surface area contributed by atoms with Crippen LogP contribution in [0.3, 0.4) is 0 Å². The molecule has 1 aromatic heterocycles. The molecule has 0 radical (unpaired) electrons. The molecule has 0 bridgehead atoms. The zero-order valence-corrected chi connectivity index (χ0v) is 11.8. The standard InChI is InChI=1S/C15H19N3S/c16-15-17-13-8-10-18(11-14(13)19-15)9-4-7-12-5-2-1-3-6-12/h1-3,5-6H,4,7-11H2,(H2,16,17). The van der Waals surface area contributed by atoms with Gasteiger partial charge < -0.3 is 5.73 Å². The highest BCUT2D eigenvalue weighted by Gasteiger charge is 2.19. The number of nitrogens with two attached hydrogens (primary N) is 1. The predicted octanol–water partition coefficient (Wildman–Crippen LogP) is 2.72. The van der Waals surface area contributed by atoms with E-state index in [4.69, 9.17) is 5.73 Å². The molecule has 0 amide bonds. The van der Waals surface area contributed by atoms with Crippen LogP contribution in [0, 0.1) is 0 Å². The van der Waals surface area contributed by atoms with Crippen molar-refractivity contribution >= 4 is 16.5 Å². The fourth-order valence-corrected chi connectivity index (χ4v) is 3.53. The van der Waals surface area contributed by atoms with Gasteiger partial charge in [-0.2, -0.15) is 0 Å². The number of aromatic nitrogens is 1. The first-order valence-electron chi connectivity index (χ1n) is 6.81. The predicted molar refractivity (Wildman–Crippen MR) is 80.3 cm³/mol. The molecule has 0 atom stereocenters. The quantitative estimate of drug-likeness (QED) is 0.931. The number of aryl methyl sites for hydroxylation is 1. The number of nitrogens with zero attached hydrogens (tertiary/aromatic N) is 2. The molecule has 0 spiro atoms. The number of anilines is 1. The van der Waals surface area contributed by atoms with Crippen molar-refractivity contribution in [2.75, 3.05) is 18.8 Å². The van der Waals surface area contributed by atoms with E-state index < -0.39 is 0 Å². The molecule has 0 aliphatic carbocycles. The summed E-state index contributed by atoms with van der Waals surface area (Å²) in [6.07, 6.45) is 3.43. The maximum atomic E-state index is 5.77. The minimum absolute atomic E-state index is 0.719. The van der Waals surface area contributed by atoms with Gasteiger partial charge in [-0.15, -0.1) is 11.3 Å². The van der Waals surface area contributed by atoms with Gasteiger partial charge in [0.1, 0.15) is 0 Å². The van der Waals surface area contributed by atoms with Gasteiger partial charge in [-0.3, -0.25) is 4.90 Å². The summed E-state index contributed by atoms with van der Waals surface area (Å²) in [6.45, 7) is 3.30. The van der Waals surface area contributed by atoms with Gasteiger partial charge in [-0.25, -0.2) is 4.98 Å². The van der Waals surface area contributed by atoms with E-state index in [-0.39, 0.29) is 0 Å². The van der Waals surface area contributed by atoms with Crippen molar-refractivity contribution in [3.63, 3.8) is 0 Å². The van der Waals surface area contributed by atoms with E-state index in [9.17, 15) is 0 Å². The molecule has 0 saturated heterocycles. The number of fused-ring (bicyclic) bond motifs is 1. The topological polar surface area (TPSA) is 42.1 Å². The maximum absolute atomic E-state index is 5.77. The summed E-state index contributed by atoms with van der Waals surface area (Å²) < 4.78 is 0. The smallest absolute Gasteiger partial charge is 0.180 e. The summed E-state index contributed by atoms with van der Waals surface area (Å²) >= 11 is 1.65. The Balaban J connectivity index is 1.50. The van der Waals surface area contributed by atoms with Gasteiger partial charge in [0, 0.05) is 24.4 Å². The molecule has 0 fully saturated rings. The molecule has 19 heavy (non-hydrogen) atoms. The third kappa shape index (κ3) is 3.14. The lowest BCUT2D eigenvalue weighted by atomic mass is 10.1. The van der Waals surface area contributed by atoms with Crippen LogP contribution < -0.4 is 5.73 Å². The highest BCUT2D eigenvalue weighted by molar-refractivity contribution is 7.15. The van der Waals surface area contributed by atoms with Crippen molar-refractivity contribution in [1.29, 1.82) is 0 Å². The van der Waals surface area contributed by atoms with Crippen molar-refractivity contribution in [3.05, 3.63) is 46.5 Å². The van der Waals surface area contributed by atoms with Crippen molar-refractivity contribution in [2.24, 2.45) is 0 Å². The van der Waals surface area contributed by atoms with E-state index in [1.807, 2.05) is 0 Å². The monoisotopic (exact) mass is 273 g/mol. The van der Waals surface area contributed by atoms with Crippen LogP contribution >= 0.6 is 11.3 Å². The first kappa shape index (κ1) is 12.6. The third-order valence-electron chi connectivity index (χ3n) is 3.61. The molecule has 1 aliphatic heterocycles. The molecule has 1 aliphatic rings. The minimum Gasteiger partial charge on any atom is -0.375 e. The Bertz CT molecular complexity index is 536. The summed E-state index contributed by atoms with van der Waals surface area (Å²) in [5.74, 6) is 0. The van der Waals surface area contributed by atoms with E-state index in [0.717, 1.165) is 37.6 Å². The van der Waals surface area contributed by atoms with Gasteiger partial charge in [-0.1, -0.05) is 30.3 Å². The van der Waals surface area contributed by atoms with Crippen molar-refractivity contribution in [2.45, 2.75) is 25.8 Å². The molecule has 2 aromatic rings. The summed E-state index contributed by atoms with van der Waals surface area (Å²) in [5, 5.41) is 0.719. The summed E-state index contributed by atoms with van der Waals surface area (Å²) in [6, 6.07) is 10.7. The Kier molecular flexibility index (Phi) is 3.80. The van der Waals surface area contributed by atoms with Crippen molar-refractivity contribution < 1.29 is 0 Å². The number of rotatable bonds is 4. The van der Waals surface area contributed by atoms with Crippen LogP contribution in [-0.2, 0) is 19.4 Å². The summed E-state index contributed by atoms with van der Waals surface area (Å²) in [4.78, 5) is 8.26. The number of hydrogen-bond acceptors (Lipinski definition) is 4. The van der Waals surface area contributed by atoms with E-state index in [0.29, 0.717) is 0 Å². The van der Waals surface area contributed by atoms with Crippen LogP contribution in [-0.4, -0.2) is 23.0 Å². The average molecular weight is 273 g/mol. The van der Waals surface area contributed by atoms with Crippen LogP contribution in [0.5, 0.6) is 0 Å². The van der Waals surface area contributed by atoms with Gasteiger partial charge in [-0.05, 0) is 24.9 Å². The summed E-state index contributed by atoms with van der Waals surface area (Å²) in [7, 11) is 0. The second-order valence-electron chi connectivity index (χ2n) is 5.04. The third-order valence-corrected chi connectivity index (χ3v) is 4.52. The summed E-state index contributed by atoms with van der Waals surface area (Å²) in [5.41, 5.74) is 8.43. The van der Waals surface area contributed by atoms with E-state index >= 15 is 0 Å². The molecule has 3 rings (SSSR count). The van der Waals surface area contributed by atoms with Crippen molar-refractivity contribution in [3.8, 4) is 0 Å². The van der Waals surface area contributed by atoms with E-state index in [2.05, 4.69) is 40.2 Å². The number of benzene rings is 1. The van der Waals surface area contributed by atoms with Gasteiger partial charge in [0.05, 0.1) is 5.69 Å². The van der Waals surface area contributed by atoms with E-state index in [1.165, 1.54) is 22.6 Å².